The highest BCUT2D eigenvalue weighted by Gasteiger charge is 2.18. The molecule has 4 rings (SSSR count). The van der Waals surface area contributed by atoms with Crippen LogP contribution in [0.15, 0.2) is 48.5 Å². The number of para-hydroxylation sites is 2. The molecule has 0 spiro atoms. The van der Waals surface area contributed by atoms with Gasteiger partial charge >= 0.3 is 0 Å². The van der Waals surface area contributed by atoms with Gasteiger partial charge in [0.2, 0.25) is 11.9 Å². The van der Waals surface area contributed by atoms with E-state index in [0.717, 1.165) is 48.3 Å². The molecule has 0 aliphatic carbocycles. The van der Waals surface area contributed by atoms with E-state index in [1.165, 1.54) is 0 Å². The largest absolute Gasteiger partial charge is 0.497 e. The summed E-state index contributed by atoms with van der Waals surface area (Å²) in [6.45, 7) is 2.68. The lowest BCUT2D eigenvalue weighted by Crippen LogP contribution is -2.18. The van der Waals surface area contributed by atoms with Crippen molar-refractivity contribution < 1.29 is 9.53 Å². The monoisotopic (exact) mass is 378 g/mol. The zero-order valence-electron chi connectivity index (χ0n) is 16.1. The van der Waals surface area contributed by atoms with Crippen LogP contribution in [-0.2, 0) is 11.3 Å². The number of hydrogen-bond acceptors (Lipinski definition) is 4. The second kappa shape index (κ2) is 8.44. The molecular formula is C22H26N4O2. The number of carbonyl (C=O) groups is 1. The van der Waals surface area contributed by atoms with Crippen LogP contribution in [0.3, 0.4) is 0 Å². The number of fused-ring (bicyclic) bond motifs is 1. The van der Waals surface area contributed by atoms with Gasteiger partial charge in [-0.2, -0.15) is 0 Å². The van der Waals surface area contributed by atoms with E-state index in [-0.39, 0.29) is 5.91 Å². The Balaban J connectivity index is 1.55. The van der Waals surface area contributed by atoms with Gasteiger partial charge in [-0.05, 0) is 61.7 Å². The van der Waals surface area contributed by atoms with E-state index in [2.05, 4.69) is 26.3 Å². The van der Waals surface area contributed by atoms with E-state index in [0.29, 0.717) is 24.8 Å². The molecule has 1 aliphatic rings. The Morgan fingerprint density at radius 2 is 2.18 bits per heavy atom. The van der Waals surface area contributed by atoms with Crippen molar-refractivity contribution >= 4 is 22.9 Å². The van der Waals surface area contributed by atoms with Crippen molar-refractivity contribution in [2.75, 3.05) is 25.5 Å². The van der Waals surface area contributed by atoms with Crippen LogP contribution in [0.25, 0.3) is 11.0 Å². The fraction of sp³-hybridized carbons (Fsp3) is 0.364. The van der Waals surface area contributed by atoms with Gasteiger partial charge in [-0.15, -0.1) is 0 Å². The van der Waals surface area contributed by atoms with Gasteiger partial charge in [-0.1, -0.05) is 24.3 Å². The number of hydrogen-bond donors (Lipinski definition) is 2. The molecule has 2 N–H and O–H groups in total. The molecule has 1 atom stereocenters. The van der Waals surface area contributed by atoms with Crippen LogP contribution in [0, 0.1) is 5.92 Å². The fourth-order valence-corrected chi connectivity index (χ4v) is 3.77. The van der Waals surface area contributed by atoms with Gasteiger partial charge in [0, 0.05) is 6.42 Å². The summed E-state index contributed by atoms with van der Waals surface area (Å²) in [5.74, 6) is 2.03. The van der Waals surface area contributed by atoms with Crippen LogP contribution in [0.2, 0.25) is 0 Å². The molecule has 1 amide bonds. The molecule has 1 unspecified atom stereocenters. The maximum absolute atomic E-state index is 12.5. The summed E-state index contributed by atoms with van der Waals surface area (Å²) in [7, 11) is 1.66. The molecule has 28 heavy (non-hydrogen) atoms. The molecule has 6 heteroatoms. The number of nitrogens with one attached hydrogen (secondary N) is 2. The van der Waals surface area contributed by atoms with Gasteiger partial charge in [0.1, 0.15) is 5.75 Å². The predicted octanol–water partition coefficient (Wildman–Crippen LogP) is 3.42. The number of methoxy groups -OCH3 is 1. The van der Waals surface area contributed by atoms with Crippen LogP contribution in [-0.4, -0.2) is 35.7 Å². The Morgan fingerprint density at radius 3 is 3.00 bits per heavy atom. The average molecular weight is 378 g/mol. The van der Waals surface area contributed by atoms with Crippen LogP contribution in [0.4, 0.5) is 5.95 Å². The predicted molar refractivity (Wildman–Crippen MR) is 111 cm³/mol. The third-order valence-corrected chi connectivity index (χ3v) is 5.32. The number of imidazole rings is 1. The topological polar surface area (TPSA) is 68.2 Å². The van der Waals surface area contributed by atoms with E-state index < -0.39 is 0 Å². The molecule has 2 aromatic carbocycles. The molecule has 0 saturated carbocycles. The minimum absolute atomic E-state index is 0.0223. The second-order valence-corrected chi connectivity index (χ2v) is 7.31. The highest BCUT2D eigenvalue weighted by molar-refractivity contribution is 5.91. The van der Waals surface area contributed by atoms with E-state index >= 15 is 0 Å². The minimum atomic E-state index is 0.0223. The molecule has 6 nitrogen and oxygen atoms in total. The van der Waals surface area contributed by atoms with Crippen molar-refractivity contribution in [2.24, 2.45) is 5.92 Å². The summed E-state index contributed by atoms with van der Waals surface area (Å²) in [5.41, 5.74) is 2.97. The first-order valence-electron chi connectivity index (χ1n) is 9.81. The summed E-state index contributed by atoms with van der Waals surface area (Å²) >= 11 is 0. The molecule has 3 aromatic rings. The summed E-state index contributed by atoms with van der Waals surface area (Å²) in [4.78, 5) is 17.2. The highest BCUT2D eigenvalue weighted by atomic mass is 16.5. The lowest BCUT2D eigenvalue weighted by molar-refractivity contribution is -0.116. The molecule has 1 fully saturated rings. The molecule has 1 saturated heterocycles. The van der Waals surface area contributed by atoms with Crippen molar-refractivity contribution in [2.45, 2.75) is 25.8 Å². The fourth-order valence-electron chi connectivity index (χ4n) is 3.77. The number of rotatable bonds is 7. The number of nitrogens with zero attached hydrogens (tertiary/aromatic N) is 2. The first-order valence-corrected chi connectivity index (χ1v) is 9.81. The molecule has 1 aromatic heterocycles. The van der Waals surface area contributed by atoms with Gasteiger partial charge in [-0.3, -0.25) is 10.1 Å². The van der Waals surface area contributed by atoms with Gasteiger partial charge in [0.25, 0.3) is 0 Å². The summed E-state index contributed by atoms with van der Waals surface area (Å²) in [6.07, 6.45) is 2.59. The molecule has 2 heterocycles. The van der Waals surface area contributed by atoms with E-state index in [1.807, 2.05) is 42.5 Å². The number of aromatic nitrogens is 2. The Labute approximate surface area is 164 Å². The van der Waals surface area contributed by atoms with Gasteiger partial charge in [0.05, 0.1) is 24.7 Å². The number of ether oxygens (including phenoxy) is 1. The van der Waals surface area contributed by atoms with Crippen molar-refractivity contribution in [3.05, 3.63) is 54.1 Å². The minimum Gasteiger partial charge on any atom is -0.497 e. The number of anilines is 1. The Bertz CT molecular complexity index is 960. The van der Waals surface area contributed by atoms with E-state index in [9.17, 15) is 4.79 Å². The number of carbonyl (C=O) groups excluding carboxylic acids is 1. The smallest absolute Gasteiger partial charge is 0.226 e. The lowest BCUT2D eigenvalue weighted by atomic mass is 10.0. The Hall–Kier alpha value is -2.86. The zero-order valence-corrected chi connectivity index (χ0v) is 16.1. The summed E-state index contributed by atoms with van der Waals surface area (Å²) in [6, 6.07) is 15.9. The average Bonchev–Trinajstić information content (AvgIpc) is 3.35. The Morgan fingerprint density at radius 1 is 1.29 bits per heavy atom. The standard InChI is InChI=1S/C22H26N4O2/c1-28-18-6-4-5-17(13-18)15-26-20-8-3-2-7-19(20)24-22(26)25-21(27)10-9-16-11-12-23-14-16/h2-8,13,16,23H,9-12,14-15H2,1H3,(H,24,25,27). The maximum Gasteiger partial charge on any atom is 0.226 e. The normalized spacial score (nSPS) is 16.4. The molecule has 146 valence electrons. The van der Waals surface area contributed by atoms with Crippen LogP contribution < -0.4 is 15.4 Å². The van der Waals surface area contributed by atoms with Gasteiger partial charge < -0.3 is 14.6 Å². The van der Waals surface area contributed by atoms with Gasteiger partial charge in [0.15, 0.2) is 0 Å². The third kappa shape index (κ3) is 4.17. The number of benzene rings is 2. The molecule has 1 aliphatic heterocycles. The highest BCUT2D eigenvalue weighted by Crippen LogP contribution is 2.23. The van der Waals surface area contributed by atoms with E-state index in [1.54, 1.807) is 7.11 Å². The Kier molecular flexibility index (Phi) is 5.58. The molecule has 0 radical (unpaired) electrons. The van der Waals surface area contributed by atoms with Crippen molar-refractivity contribution in [3.8, 4) is 5.75 Å². The van der Waals surface area contributed by atoms with Crippen LogP contribution >= 0.6 is 0 Å². The summed E-state index contributed by atoms with van der Waals surface area (Å²) in [5, 5.41) is 6.38. The van der Waals surface area contributed by atoms with Crippen molar-refractivity contribution in [1.82, 2.24) is 14.9 Å². The number of amides is 1. The summed E-state index contributed by atoms with van der Waals surface area (Å²) < 4.78 is 7.39. The SMILES string of the molecule is COc1cccc(Cn2c(NC(=O)CCC3CCNC3)nc3ccccc32)c1. The van der Waals surface area contributed by atoms with Crippen molar-refractivity contribution in [3.63, 3.8) is 0 Å². The molecular weight excluding hydrogens is 352 g/mol. The van der Waals surface area contributed by atoms with Crippen molar-refractivity contribution in [1.29, 1.82) is 0 Å². The quantitative estimate of drug-likeness (QED) is 0.661. The first kappa shape index (κ1) is 18.5. The van der Waals surface area contributed by atoms with Crippen LogP contribution in [0.5, 0.6) is 5.75 Å². The second-order valence-electron chi connectivity index (χ2n) is 7.31. The first-order chi connectivity index (χ1) is 13.7. The third-order valence-electron chi connectivity index (χ3n) is 5.32. The van der Waals surface area contributed by atoms with Gasteiger partial charge in [-0.25, -0.2) is 4.98 Å². The maximum atomic E-state index is 12.5. The molecule has 0 bridgehead atoms. The lowest BCUT2D eigenvalue weighted by Gasteiger charge is -2.12. The zero-order chi connectivity index (χ0) is 19.3. The van der Waals surface area contributed by atoms with Crippen LogP contribution in [0.1, 0.15) is 24.8 Å². The van der Waals surface area contributed by atoms with E-state index in [4.69, 9.17) is 4.74 Å².